The second-order valence-electron chi connectivity index (χ2n) is 6.84. The number of esters is 1. The van der Waals surface area contributed by atoms with Crippen LogP contribution in [0, 0.1) is 13.8 Å². The highest BCUT2D eigenvalue weighted by Gasteiger charge is 2.29. The molecule has 3 aromatic heterocycles. The second kappa shape index (κ2) is 6.09. The average molecular weight is 348 g/mol. The number of hydrogen-bond acceptors (Lipinski definition) is 4. The molecule has 1 aliphatic rings. The first-order valence-corrected chi connectivity index (χ1v) is 8.71. The third-order valence-corrected chi connectivity index (χ3v) is 5.04. The van der Waals surface area contributed by atoms with E-state index in [1.54, 1.807) is 22.9 Å². The van der Waals surface area contributed by atoms with E-state index in [1.807, 2.05) is 32.0 Å². The summed E-state index contributed by atoms with van der Waals surface area (Å²) in [6.07, 6.45) is 5.70. The minimum Gasteiger partial charge on any atom is -0.465 e. The molecular formula is C21H20N2O3. The van der Waals surface area contributed by atoms with Crippen LogP contribution in [0.2, 0.25) is 0 Å². The van der Waals surface area contributed by atoms with Gasteiger partial charge in [-0.2, -0.15) is 0 Å². The molecule has 26 heavy (non-hydrogen) atoms. The Balaban J connectivity index is 2.04. The SMILES string of the molecule is COC(=O)c1cc(C2CC2)c2c(C)c(-c3ccnc(C)c3)ccn2c1=O. The van der Waals surface area contributed by atoms with Crippen LogP contribution in [-0.2, 0) is 4.74 Å². The number of nitrogens with zero attached hydrogens (tertiary/aromatic N) is 2. The van der Waals surface area contributed by atoms with Crippen LogP contribution in [0.4, 0.5) is 0 Å². The van der Waals surface area contributed by atoms with Crippen LogP contribution in [0.5, 0.6) is 0 Å². The van der Waals surface area contributed by atoms with Crippen LogP contribution in [0.3, 0.4) is 0 Å². The lowest BCUT2D eigenvalue weighted by atomic mass is 9.97. The Bertz CT molecular complexity index is 1090. The summed E-state index contributed by atoms with van der Waals surface area (Å²) in [7, 11) is 1.30. The van der Waals surface area contributed by atoms with E-state index in [1.165, 1.54) is 7.11 Å². The summed E-state index contributed by atoms with van der Waals surface area (Å²) in [4.78, 5) is 29.1. The molecule has 0 bridgehead atoms. The summed E-state index contributed by atoms with van der Waals surface area (Å²) < 4.78 is 6.39. The van der Waals surface area contributed by atoms with Gasteiger partial charge in [-0.25, -0.2) is 4.79 Å². The van der Waals surface area contributed by atoms with Gasteiger partial charge >= 0.3 is 5.97 Å². The second-order valence-corrected chi connectivity index (χ2v) is 6.84. The van der Waals surface area contributed by atoms with Crippen LogP contribution in [-0.4, -0.2) is 22.5 Å². The van der Waals surface area contributed by atoms with Gasteiger partial charge in [-0.1, -0.05) is 0 Å². The maximum absolute atomic E-state index is 12.8. The van der Waals surface area contributed by atoms with Crippen molar-refractivity contribution in [3.8, 4) is 11.1 Å². The van der Waals surface area contributed by atoms with Gasteiger partial charge in [0.1, 0.15) is 5.56 Å². The highest BCUT2D eigenvalue weighted by atomic mass is 16.5. The van der Waals surface area contributed by atoms with E-state index >= 15 is 0 Å². The lowest BCUT2D eigenvalue weighted by Crippen LogP contribution is -2.24. The third-order valence-electron chi connectivity index (χ3n) is 5.04. The molecule has 3 heterocycles. The number of aryl methyl sites for hydroxylation is 2. The molecular weight excluding hydrogens is 328 g/mol. The largest absolute Gasteiger partial charge is 0.465 e. The molecule has 4 rings (SSSR count). The van der Waals surface area contributed by atoms with Crippen LogP contribution < -0.4 is 5.56 Å². The quantitative estimate of drug-likeness (QED) is 0.678. The minimum absolute atomic E-state index is 0.0961. The minimum atomic E-state index is -0.585. The highest BCUT2D eigenvalue weighted by molar-refractivity contribution is 5.90. The summed E-state index contributed by atoms with van der Waals surface area (Å²) >= 11 is 0. The summed E-state index contributed by atoms with van der Waals surface area (Å²) in [6, 6.07) is 7.67. The molecule has 132 valence electrons. The standard InChI is InChI=1S/C21H20N2O3/c1-12-10-15(6-8-22-12)16-7-9-23-19(13(16)2)17(14-4-5-14)11-18(20(23)24)21(25)26-3/h6-11,14H,4-5H2,1-3H3. The molecule has 0 radical (unpaired) electrons. The van der Waals surface area contributed by atoms with Crippen LogP contribution in [0.25, 0.3) is 16.6 Å². The van der Waals surface area contributed by atoms with E-state index in [0.29, 0.717) is 5.92 Å². The molecule has 5 nitrogen and oxygen atoms in total. The van der Waals surface area contributed by atoms with Crippen molar-refractivity contribution >= 4 is 11.5 Å². The van der Waals surface area contributed by atoms with Crippen molar-refractivity contribution in [1.82, 2.24) is 9.38 Å². The van der Waals surface area contributed by atoms with E-state index in [0.717, 1.165) is 46.3 Å². The van der Waals surface area contributed by atoms with Gasteiger partial charge in [0, 0.05) is 18.1 Å². The third kappa shape index (κ3) is 2.60. The summed E-state index contributed by atoms with van der Waals surface area (Å²) in [5.74, 6) is -0.195. The van der Waals surface area contributed by atoms with E-state index in [9.17, 15) is 9.59 Å². The zero-order valence-corrected chi connectivity index (χ0v) is 15.1. The molecule has 1 fully saturated rings. The number of carbonyl (C=O) groups excluding carboxylic acids is 1. The van der Waals surface area contributed by atoms with Crippen molar-refractivity contribution in [3.63, 3.8) is 0 Å². The van der Waals surface area contributed by atoms with E-state index in [4.69, 9.17) is 4.74 Å². The van der Waals surface area contributed by atoms with Gasteiger partial charge in [0.2, 0.25) is 0 Å². The highest BCUT2D eigenvalue weighted by Crippen LogP contribution is 2.43. The number of carbonyl (C=O) groups is 1. The Labute approximate surface area is 151 Å². The Kier molecular flexibility index (Phi) is 3.87. The Morgan fingerprint density at radius 1 is 1.23 bits per heavy atom. The van der Waals surface area contributed by atoms with Gasteiger partial charge in [0.15, 0.2) is 0 Å². The smallest absolute Gasteiger partial charge is 0.343 e. The number of hydrogen-bond donors (Lipinski definition) is 0. The summed E-state index contributed by atoms with van der Waals surface area (Å²) in [6.45, 7) is 3.99. The van der Waals surface area contributed by atoms with Gasteiger partial charge in [-0.05, 0) is 79.1 Å². The summed E-state index contributed by atoms with van der Waals surface area (Å²) in [5.41, 5.74) is 5.84. The molecule has 0 spiro atoms. The van der Waals surface area contributed by atoms with E-state index < -0.39 is 5.97 Å². The van der Waals surface area contributed by atoms with Crippen molar-refractivity contribution in [2.75, 3.05) is 7.11 Å². The van der Waals surface area contributed by atoms with Crippen molar-refractivity contribution < 1.29 is 9.53 Å². The monoisotopic (exact) mass is 348 g/mol. The normalized spacial score (nSPS) is 13.8. The first kappa shape index (κ1) is 16.5. The van der Waals surface area contributed by atoms with Crippen LogP contribution in [0.1, 0.15) is 45.9 Å². The zero-order chi connectivity index (χ0) is 18.4. The molecule has 3 aromatic rings. The fraction of sp³-hybridized carbons (Fsp3) is 0.286. The van der Waals surface area contributed by atoms with Crippen molar-refractivity contribution in [1.29, 1.82) is 0 Å². The number of fused-ring (bicyclic) bond motifs is 1. The molecule has 0 unspecified atom stereocenters. The first-order valence-electron chi connectivity index (χ1n) is 8.71. The van der Waals surface area contributed by atoms with Gasteiger partial charge in [-0.3, -0.25) is 14.2 Å². The molecule has 0 aliphatic heterocycles. The lowest BCUT2D eigenvalue weighted by Gasteiger charge is -2.15. The molecule has 0 aromatic carbocycles. The molecule has 1 aliphatic carbocycles. The van der Waals surface area contributed by atoms with Gasteiger partial charge in [0.25, 0.3) is 5.56 Å². The maximum Gasteiger partial charge on any atom is 0.343 e. The molecule has 5 heteroatoms. The number of methoxy groups -OCH3 is 1. The first-order chi connectivity index (χ1) is 12.5. The number of rotatable bonds is 3. The zero-order valence-electron chi connectivity index (χ0n) is 15.1. The van der Waals surface area contributed by atoms with Crippen molar-refractivity contribution in [2.24, 2.45) is 0 Å². The Morgan fingerprint density at radius 3 is 2.65 bits per heavy atom. The van der Waals surface area contributed by atoms with Crippen LogP contribution >= 0.6 is 0 Å². The fourth-order valence-corrected chi connectivity index (χ4v) is 3.58. The molecule has 0 amide bonds. The molecule has 0 N–H and O–H groups in total. The van der Waals surface area contributed by atoms with Gasteiger partial charge in [-0.15, -0.1) is 0 Å². The van der Waals surface area contributed by atoms with Gasteiger partial charge < -0.3 is 4.74 Å². The van der Waals surface area contributed by atoms with Gasteiger partial charge in [0.05, 0.1) is 12.6 Å². The lowest BCUT2D eigenvalue weighted by molar-refractivity contribution is 0.0598. The van der Waals surface area contributed by atoms with Crippen molar-refractivity contribution in [2.45, 2.75) is 32.6 Å². The molecule has 0 atom stereocenters. The predicted octanol–water partition coefficient (Wildman–Crippen LogP) is 3.64. The summed E-state index contributed by atoms with van der Waals surface area (Å²) in [5, 5.41) is 0. The fourth-order valence-electron chi connectivity index (χ4n) is 3.58. The Morgan fingerprint density at radius 2 is 2.00 bits per heavy atom. The number of aromatic nitrogens is 2. The number of pyridine rings is 3. The van der Waals surface area contributed by atoms with Crippen LogP contribution in [0.15, 0.2) is 41.5 Å². The average Bonchev–Trinajstić information content (AvgIpc) is 3.47. The molecule has 1 saturated carbocycles. The van der Waals surface area contributed by atoms with E-state index in [2.05, 4.69) is 4.98 Å². The number of ether oxygens (including phenoxy) is 1. The Hall–Kier alpha value is -2.95. The van der Waals surface area contributed by atoms with E-state index in [-0.39, 0.29) is 11.1 Å². The maximum atomic E-state index is 12.8. The van der Waals surface area contributed by atoms with Crippen molar-refractivity contribution in [3.05, 3.63) is 69.4 Å². The molecule has 0 saturated heterocycles. The predicted molar refractivity (Wildman–Crippen MR) is 99.7 cm³/mol. The topological polar surface area (TPSA) is 60.7 Å².